The standard InChI is InChI=1S/C15H14N2O4/c18-13-9-4-1-2-5-11(9)16-8-10(13)14(19)17-7-3-6-12(17)15(20)21/h1-2,4-5,8,12H,3,6-7H2,(H,16,18)(H,20,21)/t12-/m1/s1. The number of aromatic amines is 1. The van der Waals surface area contributed by atoms with Crippen LogP contribution in [0.5, 0.6) is 0 Å². The molecule has 1 atom stereocenters. The van der Waals surface area contributed by atoms with E-state index >= 15 is 0 Å². The summed E-state index contributed by atoms with van der Waals surface area (Å²) in [5.74, 6) is -1.55. The number of hydrogen-bond acceptors (Lipinski definition) is 3. The fraction of sp³-hybridized carbons (Fsp3) is 0.267. The van der Waals surface area contributed by atoms with Gasteiger partial charge < -0.3 is 15.0 Å². The summed E-state index contributed by atoms with van der Waals surface area (Å²) in [7, 11) is 0. The molecule has 1 amide bonds. The molecule has 1 aromatic carbocycles. The van der Waals surface area contributed by atoms with Gasteiger partial charge >= 0.3 is 5.97 Å². The number of carboxylic acids is 1. The summed E-state index contributed by atoms with van der Waals surface area (Å²) in [6.07, 6.45) is 2.42. The quantitative estimate of drug-likeness (QED) is 0.868. The van der Waals surface area contributed by atoms with Crippen LogP contribution < -0.4 is 5.43 Å². The highest BCUT2D eigenvalue weighted by atomic mass is 16.4. The minimum absolute atomic E-state index is 0.0122. The minimum Gasteiger partial charge on any atom is -0.480 e. The van der Waals surface area contributed by atoms with E-state index in [2.05, 4.69) is 4.98 Å². The van der Waals surface area contributed by atoms with Crippen LogP contribution in [0.4, 0.5) is 0 Å². The highest BCUT2D eigenvalue weighted by Gasteiger charge is 2.35. The molecule has 1 aliphatic heterocycles. The number of hydrogen-bond donors (Lipinski definition) is 2. The molecule has 0 unspecified atom stereocenters. The molecule has 2 aromatic rings. The van der Waals surface area contributed by atoms with Crippen molar-refractivity contribution in [3.63, 3.8) is 0 Å². The van der Waals surface area contributed by atoms with Gasteiger partial charge in [0.15, 0.2) is 0 Å². The van der Waals surface area contributed by atoms with E-state index in [1.165, 1.54) is 11.1 Å². The van der Waals surface area contributed by atoms with Gasteiger partial charge in [-0.1, -0.05) is 12.1 Å². The molecule has 1 fully saturated rings. The topological polar surface area (TPSA) is 90.5 Å². The number of aliphatic carboxylic acids is 1. The van der Waals surface area contributed by atoms with E-state index in [9.17, 15) is 14.4 Å². The van der Waals surface area contributed by atoms with Crippen molar-refractivity contribution in [1.29, 1.82) is 0 Å². The highest BCUT2D eigenvalue weighted by Crippen LogP contribution is 2.20. The van der Waals surface area contributed by atoms with Crippen molar-refractivity contribution in [2.24, 2.45) is 0 Å². The van der Waals surface area contributed by atoms with E-state index in [0.29, 0.717) is 30.3 Å². The molecule has 1 aromatic heterocycles. The second-order valence-corrected chi connectivity index (χ2v) is 5.07. The molecule has 0 saturated carbocycles. The SMILES string of the molecule is O=C(O)[C@H]1CCCN1C(=O)c1c[nH]c2ccccc2c1=O. The van der Waals surface area contributed by atoms with Crippen LogP contribution in [0.2, 0.25) is 0 Å². The molecule has 0 spiro atoms. The molecular formula is C15H14N2O4. The van der Waals surface area contributed by atoms with Gasteiger partial charge in [-0.2, -0.15) is 0 Å². The van der Waals surface area contributed by atoms with Gasteiger partial charge in [0.25, 0.3) is 5.91 Å². The van der Waals surface area contributed by atoms with E-state index in [0.717, 1.165) is 0 Å². The average Bonchev–Trinajstić information content (AvgIpc) is 2.97. The Kier molecular flexibility index (Phi) is 3.21. The molecule has 108 valence electrons. The molecule has 6 heteroatoms. The van der Waals surface area contributed by atoms with Crippen LogP contribution in [-0.2, 0) is 4.79 Å². The zero-order valence-electron chi connectivity index (χ0n) is 11.2. The number of nitrogens with one attached hydrogen (secondary N) is 1. The van der Waals surface area contributed by atoms with Gasteiger partial charge in [-0.05, 0) is 25.0 Å². The second-order valence-electron chi connectivity index (χ2n) is 5.07. The summed E-state index contributed by atoms with van der Waals surface area (Å²) in [4.78, 5) is 40.2. The molecule has 2 heterocycles. The maximum atomic E-state index is 12.5. The Hall–Kier alpha value is -2.63. The van der Waals surface area contributed by atoms with E-state index in [-0.39, 0.29) is 11.0 Å². The van der Waals surface area contributed by atoms with Crippen molar-refractivity contribution >= 4 is 22.8 Å². The summed E-state index contributed by atoms with van der Waals surface area (Å²) < 4.78 is 0. The van der Waals surface area contributed by atoms with Crippen LogP contribution in [0, 0.1) is 0 Å². The lowest BCUT2D eigenvalue weighted by Crippen LogP contribution is -2.42. The van der Waals surface area contributed by atoms with Gasteiger partial charge in [-0.15, -0.1) is 0 Å². The molecule has 21 heavy (non-hydrogen) atoms. The fourth-order valence-electron chi connectivity index (χ4n) is 2.75. The Morgan fingerprint density at radius 3 is 2.81 bits per heavy atom. The Balaban J connectivity index is 2.04. The van der Waals surface area contributed by atoms with Gasteiger partial charge in [0.1, 0.15) is 11.6 Å². The molecule has 2 N–H and O–H groups in total. The number of carbonyl (C=O) groups excluding carboxylic acids is 1. The van der Waals surface area contributed by atoms with Crippen LogP contribution in [0.3, 0.4) is 0 Å². The first-order valence-corrected chi connectivity index (χ1v) is 6.74. The zero-order chi connectivity index (χ0) is 15.0. The number of benzene rings is 1. The second kappa shape index (κ2) is 5.05. The number of carboxylic acid groups (broad SMARTS) is 1. The van der Waals surface area contributed by atoms with E-state index in [1.807, 2.05) is 0 Å². The van der Waals surface area contributed by atoms with E-state index < -0.39 is 17.9 Å². The number of fused-ring (bicyclic) bond motifs is 1. The molecule has 0 bridgehead atoms. The predicted octanol–water partition coefficient (Wildman–Crippen LogP) is 1.22. The molecule has 1 aliphatic rings. The number of amides is 1. The number of likely N-dealkylation sites (tertiary alicyclic amines) is 1. The Bertz CT molecular complexity index is 781. The molecular weight excluding hydrogens is 272 g/mol. The van der Waals surface area contributed by atoms with Crippen molar-refractivity contribution in [1.82, 2.24) is 9.88 Å². The van der Waals surface area contributed by atoms with Gasteiger partial charge in [0.05, 0.1) is 0 Å². The number of rotatable bonds is 2. The number of H-pyrrole nitrogens is 1. The number of para-hydroxylation sites is 1. The average molecular weight is 286 g/mol. The molecule has 0 aliphatic carbocycles. The number of pyridine rings is 1. The lowest BCUT2D eigenvalue weighted by Gasteiger charge is -2.21. The third-order valence-electron chi connectivity index (χ3n) is 3.82. The molecule has 1 saturated heterocycles. The lowest BCUT2D eigenvalue weighted by atomic mass is 10.1. The van der Waals surface area contributed by atoms with Gasteiger partial charge in [0, 0.05) is 23.6 Å². The van der Waals surface area contributed by atoms with E-state index in [1.54, 1.807) is 24.3 Å². The van der Waals surface area contributed by atoms with Crippen LogP contribution in [-0.4, -0.2) is 39.5 Å². The highest BCUT2D eigenvalue weighted by molar-refractivity contribution is 5.99. The predicted molar refractivity (Wildman–Crippen MR) is 76.3 cm³/mol. The van der Waals surface area contributed by atoms with Crippen molar-refractivity contribution < 1.29 is 14.7 Å². The third-order valence-corrected chi connectivity index (χ3v) is 3.82. The van der Waals surface area contributed by atoms with Crippen LogP contribution >= 0.6 is 0 Å². The van der Waals surface area contributed by atoms with Crippen molar-refractivity contribution in [3.05, 3.63) is 46.2 Å². The first-order valence-electron chi connectivity index (χ1n) is 6.74. The summed E-state index contributed by atoms with van der Waals surface area (Å²) >= 11 is 0. The van der Waals surface area contributed by atoms with Gasteiger partial charge in [-0.3, -0.25) is 9.59 Å². The molecule has 0 radical (unpaired) electrons. The molecule has 3 rings (SSSR count). The first-order chi connectivity index (χ1) is 10.1. The normalized spacial score (nSPS) is 18.1. The van der Waals surface area contributed by atoms with Crippen LogP contribution in [0.25, 0.3) is 10.9 Å². The van der Waals surface area contributed by atoms with Crippen molar-refractivity contribution in [2.75, 3.05) is 6.54 Å². The lowest BCUT2D eigenvalue weighted by molar-refractivity contribution is -0.141. The Morgan fingerprint density at radius 1 is 1.29 bits per heavy atom. The van der Waals surface area contributed by atoms with Crippen molar-refractivity contribution in [3.8, 4) is 0 Å². The summed E-state index contributed by atoms with van der Waals surface area (Å²) in [6, 6.07) is 6.07. The van der Waals surface area contributed by atoms with Crippen LogP contribution in [0.15, 0.2) is 35.3 Å². The monoisotopic (exact) mass is 286 g/mol. The minimum atomic E-state index is -1.03. The van der Waals surface area contributed by atoms with Gasteiger partial charge in [-0.25, -0.2) is 4.79 Å². The molecule has 6 nitrogen and oxygen atoms in total. The number of carbonyl (C=O) groups is 2. The largest absolute Gasteiger partial charge is 0.480 e. The Labute approximate surface area is 120 Å². The first kappa shape index (κ1) is 13.4. The number of nitrogens with zero attached hydrogens (tertiary/aromatic N) is 1. The Morgan fingerprint density at radius 2 is 2.05 bits per heavy atom. The fourth-order valence-corrected chi connectivity index (χ4v) is 2.75. The summed E-state index contributed by atoms with van der Waals surface area (Å²) in [5.41, 5.74) is 0.266. The zero-order valence-corrected chi connectivity index (χ0v) is 11.2. The van der Waals surface area contributed by atoms with Gasteiger partial charge in [0.2, 0.25) is 5.43 Å². The van der Waals surface area contributed by atoms with E-state index in [4.69, 9.17) is 5.11 Å². The summed E-state index contributed by atoms with van der Waals surface area (Å²) in [6.45, 7) is 0.363. The maximum Gasteiger partial charge on any atom is 0.326 e. The summed E-state index contributed by atoms with van der Waals surface area (Å²) in [5, 5.41) is 9.57. The number of aromatic nitrogens is 1. The third kappa shape index (κ3) is 2.18. The smallest absolute Gasteiger partial charge is 0.326 e. The van der Waals surface area contributed by atoms with Crippen LogP contribution in [0.1, 0.15) is 23.2 Å². The van der Waals surface area contributed by atoms with Crippen molar-refractivity contribution in [2.45, 2.75) is 18.9 Å². The maximum absolute atomic E-state index is 12.5.